The Labute approximate surface area is 110 Å². The van der Waals surface area contributed by atoms with E-state index in [4.69, 9.17) is 5.11 Å². The van der Waals surface area contributed by atoms with Gasteiger partial charge in [0, 0.05) is 19.7 Å². The molecule has 0 spiro atoms. The Morgan fingerprint density at radius 3 is 2.83 bits per heavy atom. The molecule has 0 aliphatic heterocycles. The molecule has 0 fully saturated rings. The van der Waals surface area contributed by atoms with Crippen LogP contribution in [0.2, 0.25) is 0 Å². The maximum absolute atomic E-state index is 8.72. The van der Waals surface area contributed by atoms with Crippen molar-refractivity contribution in [2.45, 2.75) is 32.7 Å². The van der Waals surface area contributed by atoms with E-state index in [1.54, 1.807) is 0 Å². The standard InChI is InChI=1S/C14H25N3O/c1-3-15-14-9-7-8-13(16-14)12-17(2)10-5-4-6-11-18/h7-9,18H,3-6,10-12H2,1-2H3,(H,15,16). The Hall–Kier alpha value is -1.13. The summed E-state index contributed by atoms with van der Waals surface area (Å²) in [7, 11) is 2.11. The molecule has 1 rings (SSSR count). The van der Waals surface area contributed by atoms with Crippen molar-refractivity contribution in [1.29, 1.82) is 0 Å². The molecule has 0 aliphatic rings. The first-order valence-electron chi connectivity index (χ1n) is 6.75. The van der Waals surface area contributed by atoms with Crippen molar-refractivity contribution in [3.05, 3.63) is 23.9 Å². The Kier molecular flexibility index (Phi) is 7.37. The fourth-order valence-electron chi connectivity index (χ4n) is 1.87. The van der Waals surface area contributed by atoms with E-state index in [2.05, 4.69) is 35.2 Å². The van der Waals surface area contributed by atoms with Crippen molar-refractivity contribution >= 4 is 5.82 Å². The van der Waals surface area contributed by atoms with E-state index in [1.165, 1.54) is 0 Å². The molecule has 1 aromatic heterocycles. The summed E-state index contributed by atoms with van der Waals surface area (Å²) in [6.45, 7) is 5.19. The number of pyridine rings is 1. The molecule has 102 valence electrons. The largest absolute Gasteiger partial charge is 0.396 e. The van der Waals surface area contributed by atoms with Gasteiger partial charge in [0.05, 0.1) is 5.69 Å². The maximum atomic E-state index is 8.72. The molecule has 0 unspecified atom stereocenters. The third kappa shape index (κ3) is 5.98. The summed E-state index contributed by atoms with van der Waals surface area (Å²) in [6.07, 6.45) is 3.12. The third-order valence-electron chi connectivity index (χ3n) is 2.79. The molecule has 4 heteroatoms. The predicted octanol–water partition coefficient (Wildman–Crippen LogP) is 2.11. The number of nitrogens with one attached hydrogen (secondary N) is 1. The molecular formula is C14H25N3O. The Morgan fingerprint density at radius 1 is 1.28 bits per heavy atom. The fraction of sp³-hybridized carbons (Fsp3) is 0.643. The van der Waals surface area contributed by atoms with Crippen LogP contribution in [0.15, 0.2) is 18.2 Å². The van der Waals surface area contributed by atoms with Gasteiger partial charge in [0.2, 0.25) is 0 Å². The highest BCUT2D eigenvalue weighted by Gasteiger charge is 2.02. The predicted molar refractivity (Wildman–Crippen MR) is 75.7 cm³/mol. The van der Waals surface area contributed by atoms with Crippen molar-refractivity contribution in [3.8, 4) is 0 Å². The number of hydrogen-bond donors (Lipinski definition) is 2. The van der Waals surface area contributed by atoms with Crippen molar-refractivity contribution < 1.29 is 5.11 Å². The van der Waals surface area contributed by atoms with Crippen molar-refractivity contribution in [3.63, 3.8) is 0 Å². The maximum Gasteiger partial charge on any atom is 0.126 e. The number of hydrogen-bond acceptors (Lipinski definition) is 4. The second kappa shape index (κ2) is 8.89. The topological polar surface area (TPSA) is 48.4 Å². The minimum atomic E-state index is 0.302. The molecule has 1 heterocycles. The molecule has 0 aromatic carbocycles. The first kappa shape index (κ1) is 14.9. The lowest BCUT2D eigenvalue weighted by atomic mass is 10.2. The van der Waals surface area contributed by atoms with Gasteiger partial charge in [0.1, 0.15) is 5.82 Å². The Morgan fingerprint density at radius 2 is 2.11 bits per heavy atom. The van der Waals surface area contributed by atoms with Crippen molar-refractivity contribution in [1.82, 2.24) is 9.88 Å². The SMILES string of the molecule is CCNc1cccc(CN(C)CCCCCO)n1. The minimum Gasteiger partial charge on any atom is -0.396 e. The molecule has 0 bridgehead atoms. The van der Waals surface area contributed by atoms with E-state index in [0.717, 1.165) is 50.4 Å². The first-order valence-corrected chi connectivity index (χ1v) is 6.75. The van der Waals surface area contributed by atoms with E-state index in [1.807, 2.05) is 12.1 Å². The van der Waals surface area contributed by atoms with E-state index < -0.39 is 0 Å². The minimum absolute atomic E-state index is 0.302. The highest BCUT2D eigenvalue weighted by molar-refractivity contribution is 5.34. The lowest BCUT2D eigenvalue weighted by Crippen LogP contribution is -2.20. The summed E-state index contributed by atoms with van der Waals surface area (Å²) >= 11 is 0. The molecule has 0 saturated carbocycles. The van der Waals surface area contributed by atoms with Crippen LogP contribution in [0, 0.1) is 0 Å². The van der Waals surface area contributed by atoms with Gasteiger partial charge in [-0.25, -0.2) is 4.98 Å². The smallest absolute Gasteiger partial charge is 0.126 e. The number of aliphatic hydroxyl groups is 1. The number of aromatic nitrogens is 1. The lowest BCUT2D eigenvalue weighted by Gasteiger charge is -2.16. The summed E-state index contributed by atoms with van der Waals surface area (Å²) in [6, 6.07) is 6.10. The van der Waals surface area contributed by atoms with Gasteiger partial charge in [0.25, 0.3) is 0 Å². The molecular weight excluding hydrogens is 226 g/mol. The van der Waals surface area contributed by atoms with Crippen LogP contribution in [0.4, 0.5) is 5.82 Å². The van der Waals surface area contributed by atoms with Gasteiger partial charge in [-0.2, -0.15) is 0 Å². The number of nitrogens with zero attached hydrogens (tertiary/aromatic N) is 2. The zero-order chi connectivity index (χ0) is 13.2. The van der Waals surface area contributed by atoms with Gasteiger partial charge in [-0.3, -0.25) is 0 Å². The average molecular weight is 251 g/mol. The molecule has 1 aromatic rings. The normalized spacial score (nSPS) is 10.9. The van der Waals surface area contributed by atoms with Crippen molar-refractivity contribution in [2.24, 2.45) is 0 Å². The summed E-state index contributed by atoms with van der Waals surface area (Å²) in [5.41, 5.74) is 1.10. The lowest BCUT2D eigenvalue weighted by molar-refractivity contribution is 0.270. The Balaban J connectivity index is 2.34. The van der Waals surface area contributed by atoms with Gasteiger partial charge >= 0.3 is 0 Å². The molecule has 0 atom stereocenters. The molecule has 0 radical (unpaired) electrons. The molecule has 2 N–H and O–H groups in total. The van der Waals surface area contributed by atoms with Crippen LogP contribution < -0.4 is 5.32 Å². The van der Waals surface area contributed by atoms with Crippen LogP contribution in [-0.4, -0.2) is 41.7 Å². The second-order valence-corrected chi connectivity index (χ2v) is 4.57. The molecule has 0 amide bonds. The van der Waals surface area contributed by atoms with Crippen LogP contribution in [0.5, 0.6) is 0 Å². The van der Waals surface area contributed by atoms with Gasteiger partial charge in [-0.1, -0.05) is 6.07 Å². The molecule has 0 saturated heterocycles. The molecule has 4 nitrogen and oxygen atoms in total. The van der Waals surface area contributed by atoms with E-state index >= 15 is 0 Å². The third-order valence-corrected chi connectivity index (χ3v) is 2.79. The number of unbranched alkanes of at least 4 members (excludes halogenated alkanes) is 2. The summed E-state index contributed by atoms with van der Waals surface area (Å²) in [4.78, 5) is 6.83. The Bertz CT molecular complexity index is 331. The van der Waals surface area contributed by atoms with Gasteiger partial charge in [0.15, 0.2) is 0 Å². The van der Waals surface area contributed by atoms with E-state index in [-0.39, 0.29) is 0 Å². The number of rotatable bonds is 9. The van der Waals surface area contributed by atoms with Crippen molar-refractivity contribution in [2.75, 3.05) is 32.1 Å². The summed E-state index contributed by atoms with van der Waals surface area (Å²) in [5, 5.41) is 11.9. The van der Waals surface area contributed by atoms with Gasteiger partial charge < -0.3 is 15.3 Å². The van der Waals surface area contributed by atoms with E-state index in [0.29, 0.717) is 6.61 Å². The molecule has 0 aliphatic carbocycles. The quantitative estimate of drug-likeness (QED) is 0.660. The van der Waals surface area contributed by atoms with Crippen LogP contribution in [0.25, 0.3) is 0 Å². The second-order valence-electron chi connectivity index (χ2n) is 4.57. The first-order chi connectivity index (χ1) is 8.76. The highest BCUT2D eigenvalue weighted by Crippen LogP contribution is 2.07. The van der Waals surface area contributed by atoms with E-state index in [9.17, 15) is 0 Å². The van der Waals surface area contributed by atoms with Gasteiger partial charge in [-0.15, -0.1) is 0 Å². The highest BCUT2D eigenvalue weighted by atomic mass is 16.2. The number of aliphatic hydroxyl groups excluding tert-OH is 1. The molecule has 18 heavy (non-hydrogen) atoms. The zero-order valence-electron chi connectivity index (χ0n) is 11.5. The average Bonchev–Trinajstić information content (AvgIpc) is 2.35. The summed E-state index contributed by atoms with van der Waals surface area (Å²) in [5.74, 6) is 0.948. The number of anilines is 1. The van der Waals surface area contributed by atoms with Crippen LogP contribution in [0.1, 0.15) is 31.9 Å². The fourth-order valence-corrected chi connectivity index (χ4v) is 1.87. The zero-order valence-corrected chi connectivity index (χ0v) is 11.5. The van der Waals surface area contributed by atoms with Crippen LogP contribution >= 0.6 is 0 Å². The van der Waals surface area contributed by atoms with Gasteiger partial charge in [-0.05, 0) is 51.9 Å². The van der Waals surface area contributed by atoms with Crippen LogP contribution in [0.3, 0.4) is 0 Å². The monoisotopic (exact) mass is 251 g/mol. The summed E-state index contributed by atoms with van der Waals surface area (Å²) < 4.78 is 0. The van der Waals surface area contributed by atoms with Crippen LogP contribution in [-0.2, 0) is 6.54 Å².